The summed E-state index contributed by atoms with van der Waals surface area (Å²) in [7, 11) is 0. The monoisotopic (exact) mass is 333 g/mol. The number of carbonyl (C=O) groups is 1. The predicted octanol–water partition coefficient (Wildman–Crippen LogP) is 2.88. The molecular formula is C15H15N3O4S. The Labute approximate surface area is 136 Å². The molecule has 0 aliphatic carbocycles. The highest BCUT2D eigenvalue weighted by molar-refractivity contribution is 7.14. The Kier molecular flexibility index (Phi) is 5.42. The van der Waals surface area contributed by atoms with Crippen LogP contribution in [0.3, 0.4) is 0 Å². The van der Waals surface area contributed by atoms with Gasteiger partial charge in [-0.2, -0.15) is 5.10 Å². The zero-order valence-corrected chi connectivity index (χ0v) is 13.4. The summed E-state index contributed by atoms with van der Waals surface area (Å²) in [5, 5.41) is 14.8. The van der Waals surface area contributed by atoms with Gasteiger partial charge in [-0.15, -0.1) is 11.3 Å². The maximum atomic E-state index is 11.7. The lowest BCUT2D eigenvalue weighted by Gasteiger charge is -2.05. The first-order chi connectivity index (χ1) is 11.0. The summed E-state index contributed by atoms with van der Waals surface area (Å²) in [5.41, 5.74) is 2.87. The van der Waals surface area contributed by atoms with Gasteiger partial charge in [-0.3, -0.25) is 14.9 Å². The van der Waals surface area contributed by atoms with Gasteiger partial charge in [0.15, 0.2) is 12.4 Å². The van der Waals surface area contributed by atoms with Crippen LogP contribution in [0.1, 0.15) is 16.7 Å². The largest absolute Gasteiger partial charge is 0.477 e. The van der Waals surface area contributed by atoms with Gasteiger partial charge >= 0.3 is 5.69 Å². The molecule has 0 saturated carbocycles. The van der Waals surface area contributed by atoms with Crippen molar-refractivity contribution in [3.63, 3.8) is 0 Å². The molecule has 7 nitrogen and oxygen atoms in total. The standard InChI is InChI=1S/C15H15N3O4S/c1-10-7-8-14(23-10)11(2)16-17-15(19)9-22-13-6-4-3-5-12(13)18(20)21/h3-8H,9H2,1-2H3,(H,17,19)/b16-11-. The van der Waals surface area contributed by atoms with E-state index in [0.717, 1.165) is 9.75 Å². The van der Waals surface area contributed by atoms with Gasteiger partial charge in [0.1, 0.15) is 0 Å². The molecule has 0 saturated heterocycles. The van der Waals surface area contributed by atoms with Gasteiger partial charge in [0.05, 0.1) is 15.5 Å². The molecule has 8 heteroatoms. The number of aryl methyl sites for hydroxylation is 1. The van der Waals surface area contributed by atoms with E-state index in [-0.39, 0.29) is 18.0 Å². The van der Waals surface area contributed by atoms with E-state index in [1.54, 1.807) is 24.3 Å². The SMILES string of the molecule is C/C(=N/NC(=O)COc1ccccc1[N+](=O)[O-])c1ccc(C)s1. The number of hydrogen-bond donors (Lipinski definition) is 1. The van der Waals surface area contributed by atoms with Crippen molar-refractivity contribution in [2.24, 2.45) is 5.10 Å². The molecule has 0 spiro atoms. The number of benzene rings is 1. The predicted molar refractivity (Wildman–Crippen MR) is 88.0 cm³/mol. The molecule has 2 rings (SSSR count). The Balaban J connectivity index is 1.92. The van der Waals surface area contributed by atoms with E-state index in [2.05, 4.69) is 10.5 Å². The van der Waals surface area contributed by atoms with Crippen LogP contribution in [-0.2, 0) is 4.79 Å². The Bertz CT molecular complexity index is 755. The number of rotatable bonds is 6. The van der Waals surface area contributed by atoms with Gasteiger partial charge < -0.3 is 4.74 Å². The summed E-state index contributed by atoms with van der Waals surface area (Å²) < 4.78 is 5.18. The third kappa shape index (κ3) is 4.62. The Morgan fingerprint density at radius 3 is 2.74 bits per heavy atom. The molecule has 0 aliphatic rings. The summed E-state index contributed by atoms with van der Waals surface area (Å²) >= 11 is 1.57. The fraction of sp³-hybridized carbons (Fsp3) is 0.200. The minimum absolute atomic E-state index is 0.0437. The molecule has 1 amide bonds. The number of thiophene rings is 1. The first-order valence-corrected chi connectivity index (χ1v) is 7.55. The highest BCUT2D eigenvalue weighted by atomic mass is 32.1. The third-order valence-corrected chi connectivity index (χ3v) is 3.98. The second kappa shape index (κ2) is 7.50. The lowest BCUT2D eigenvalue weighted by molar-refractivity contribution is -0.385. The van der Waals surface area contributed by atoms with Crippen molar-refractivity contribution in [2.45, 2.75) is 13.8 Å². The van der Waals surface area contributed by atoms with E-state index in [0.29, 0.717) is 5.71 Å². The highest BCUT2D eigenvalue weighted by Crippen LogP contribution is 2.25. The lowest BCUT2D eigenvalue weighted by Crippen LogP contribution is -2.25. The number of nitro groups is 1. The van der Waals surface area contributed by atoms with Crippen LogP contribution in [0.25, 0.3) is 0 Å². The fourth-order valence-corrected chi connectivity index (χ4v) is 2.55. The molecule has 0 unspecified atom stereocenters. The first-order valence-electron chi connectivity index (χ1n) is 6.73. The summed E-state index contributed by atoms with van der Waals surface area (Å²) in [5.74, 6) is -0.446. The molecule has 23 heavy (non-hydrogen) atoms. The van der Waals surface area contributed by atoms with Crippen molar-refractivity contribution >= 4 is 28.6 Å². The maximum Gasteiger partial charge on any atom is 0.310 e. The summed E-state index contributed by atoms with van der Waals surface area (Å²) in [6, 6.07) is 9.78. The lowest BCUT2D eigenvalue weighted by atomic mass is 10.3. The molecule has 0 radical (unpaired) electrons. The molecule has 0 aliphatic heterocycles. The summed E-state index contributed by atoms with van der Waals surface area (Å²) in [4.78, 5) is 24.1. The van der Waals surface area contributed by atoms with Crippen LogP contribution in [0.4, 0.5) is 5.69 Å². The Hall–Kier alpha value is -2.74. The number of hydrogen-bond acceptors (Lipinski definition) is 6. The van der Waals surface area contributed by atoms with Crippen LogP contribution in [0.5, 0.6) is 5.75 Å². The zero-order chi connectivity index (χ0) is 16.8. The smallest absolute Gasteiger partial charge is 0.310 e. The van der Waals surface area contributed by atoms with Gasteiger partial charge in [0, 0.05) is 10.9 Å². The summed E-state index contributed by atoms with van der Waals surface area (Å²) in [6.07, 6.45) is 0. The van der Waals surface area contributed by atoms with Crippen LogP contribution in [0.2, 0.25) is 0 Å². The van der Waals surface area contributed by atoms with Crippen molar-refractivity contribution in [1.82, 2.24) is 5.43 Å². The van der Waals surface area contributed by atoms with Crippen molar-refractivity contribution in [2.75, 3.05) is 6.61 Å². The quantitative estimate of drug-likeness (QED) is 0.499. The Morgan fingerprint density at radius 1 is 1.35 bits per heavy atom. The van der Waals surface area contributed by atoms with Gasteiger partial charge in [0.2, 0.25) is 0 Å². The van der Waals surface area contributed by atoms with E-state index in [9.17, 15) is 14.9 Å². The third-order valence-electron chi connectivity index (χ3n) is 2.87. The Morgan fingerprint density at radius 2 is 2.09 bits per heavy atom. The van der Waals surface area contributed by atoms with E-state index < -0.39 is 10.8 Å². The van der Waals surface area contributed by atoms with Gasteiger partial charge in [-0.1, -0.05) is 12.1 Å². The van der Waals surface area contributed by atoms with Crippen molar-refractivity contribution in [3.8, 4) is 5.75 Å². The number of hydrazone groups is 1. The topological polar surface area (TPSA) is 93.8 Å². The zero-order valence-electron chi connectivity index (χ0n) is 12.6. The number of nitro benzene ring substituents is 1. The van der Waals surface area contributed by atoms with Crippen LogP contribution in [0, 0.1) is 17.0 Å². The van der Waals surface area contributed by atoms with Gasteiger partial charge in [-0.25, -0.2) is 5.43 Å². The number of para-hydroxylation sites is 2. The molecule has 2 aromatic rings. The molecular weight excluding hydrogens is 318 g/mol. The number of ether oxygens (including phenoxy) is 1. The highest BCUT2D eigenvalue weighted by Gasteiger charge is 2.14. The second-order valence-electron chi connectivity index (χ2n) is 4.66. The minimum atomic E-state index is -0.561. The van der Waals surface area contributed by atoms with Crippen molar-refractivity contribution in [1.29, 1.82) is 0 Å². The molecule has 0 bridgehead atoms. The summed E-state index contributed by atoms with van der Waals surface area (Å²) in [6.45, 7) is 3.42. The van der Waals surface area contributed by atoms with Crippen LogP contribution >= 0.6 is 11.3 Å². The molecule has 1 heterocycles. The average Bonchev–Trinajstić information content (AvgIpc) is 2.97. The molecule has 1 aromatic heterocycles. The first kappa shape index (κ1) is 16.6. The van der Waals surface area contributed by atoms with Crippen LogP contribution in [-0.4, -0.2) is 23.1 Å². The molecule has 0 atom stereocenters. The molecule has 120 valence electrons. The van der Waals surface area contributed by atoms with Gasteiger partial charge in [0.25, 0.3) is 5.91 Å². The number of amides is 1. The number of carbonyl (C=O) groups excluding carboxylic acids is 1. The van der Waals surface area contributed by atoms with Gasteiger partial charge in [-0.05, 0) is 32.0 Å². The number of nitrogens with one attached hydrogen (secondary N) is 1. The van der Waals surface area contributed by atoms with E-state index in [1.807, 2.05) is 19.1 Å². The minimum Gasteiger partial charge on any atom is -0.477 e. The number of nitrogens with zero attached hydrogens (tertiary/aromatic N) is 2. The van der Waals surface area contributed by atoms with E-state index in [4.69, 9.17) is 4.74 Å². The molecule has 1 N–H and O–H groups in total. The van der Waals surface area contributed by atoms with Crippen molar-refractivity contribution < 1.29 is 14.5 Å². The van der Waals surface area contributed by atoms with Crippen LogP contribution in [0.15, 0.2) is 41.5 Å². The second-order valence-corrected chi connectivity index (χ2v) is 5.94. The van der Waals surface area contributed by atoms with Crippen molar-refractivity contribution in [3.05, 3.63) is 56.3 Å². The fourth-order valence-electron chi connectivity index (χ4n) is 1.74. The van der Waals surface area contributed by atoms with Crippen LogP contribution < -0.4 is 10.2 Å². The average molecular weight is 333 g/mol. The molecule has 0 fully saturated rings. The molecule has 1 aromatic carbocycles. The van der Waals surface area contributed by atoms with E-state index >= 15 is 0 Å². The van der Waals surface area contributed by atoms with E-state index in [1.165, 1.54) is 18.2 Å². The normalized spacial score (nSPS) is 11.1. The maximum absolute atomic E-state index is 11.7.